The number of aromatic amines is 1. The van der Waals surface area contributed by atoms with Crippen molar-refractivity contribution in [3.05, 3.63) is 45.0 Å². The fourth-order valence-electron chi connectivity index (χ4n) is 1.32. The molecule has 0 atom stereocenters. The van der Waals surface area contributed by atoms with Crippen LogP contribution in [0.15, 0.2) is 28.7 Å². The number of nitrogens with zero attached hydrogens (tertiary/aromatic N) is 1. The van der Waals surface area contributed by atoms with E-state index >= 15 is 0 Å². The van der Waals surface area contributed by atoms with Crippen molar-refractivity contribution < 1.29 is 4.79 Å². The molecule has 0 saturated heterocycles. The second-order valence-electron chi connectivity index (χ2n) is 3.45. The Morgan fingerprint density at radius 1 is 1.47 bits per heavy atom. The van der Waals surface area contributed by atoms with Crippen LogP contribution in [-0.4, -0.2) is 16.1 Å². The molecule has 0 saturated carbocycles. The molecule has 0 radical (unpaired) electrons. The number of carbonyl (C=O) groups excluding carboxylic acids is 1. The van der Waals surface area contributed by atoms with E-state index in [-0.39, 0.29) is 5.91 Å². The number of aryl methyl sites for hydroxylation is 1. The first kappa shape index (κ1) is 12.1. The molecule has 2 N–H and O–H groups in total. The molecule has 4 nitrogen and oxygen atoms in total. The summed E-state index contributed by atoms with van der Waals surface area (Å²) in [6.45, 7) is 1.85. The highest BCUT2D eigenvalue weighted by Crippen LogP contribution is 2.24. The first-order valence-electron chi connectivity index (χ1n) is 4.86. The molecule has 0 fully saturated rings. The molecule has 17 heavy (non-hydrogen) atoms. The molecule has 0 unspecified atom stereocenters. The summed E-state index contributed by atoms with van der Waals surface area (Å²) < 4.78 is 0.734. The monoisotopic (exact) mass is 313 g/mol. The van der Waals surface area contributed by atoms with Crippen molar-refractivity contribution >= 4 is 39.3 Å². The van der Waals surface area contributed by atoms with Crippen molar-refractivity contribution in [3.63, 3.8) is 0 Å². The van der Waals surface area contributed by atoms with Crippen molar-refractivity contribution in [2.45, 2.75) is 6.92 Å². The minimum absolute atomic E-state index is 0.289. The number of amides is 1. The molecule has 1 amide bonds. The van der Waals surface area contributed by atoms with Gasteiger partial charge in [-0.1, -0.05) is 23.7 Å². The number of nitrogens with one attached hydrogen (secondary N) is 2. The Morgan fingerprint density at radius 2 is 2.18 bits per heavy atom. The number of benzene rings is 1. The lowest BCUT2D eigenvalue weighted by molar-refractivity contribution is 0.102. The van der Waals surface area contributed by atoms with Gasteiger partial charge in [-0.15, -0.1) is 0 Å². The zero-order valence-corrected chi connectivity index (χ0v) is 11.3. The molecule has 0 spiro atoms. The van der Waals surface area contributed by atoms with Gasteiger partial charge in [0.1, 0.15) is 0 Å². The molecule has 1 aromatic heterocycles. The molecule has 2 aromatic rings. The normalized spacial score (nSPS) is 10.3. The first-order valence-corrected chi connectivity index (χ1v) is 6.03. The summed E-state index contributed by atoms with van der Waals surface area (Å²) in [5.41, 5.74) is 1.26. The van der Waals surface area contributed by atoms with Crippen LogP contribution in [0.3, 0.4) is 0 Å². The zero-order valence-electron chi connectivity index (χ0n) is 8.92. The number of carbonyl (C=O) groups is 1. The molecule has 0 aliphatic carbocycles. The Bertz CT molecular complexity index is 568. The Kier molecular flexibility index (Phi) is 3.49. The summed E-state index contributed by atoms with van der Waals surface area (Å²) >= 11 is 9.26. The highest BCUT2D eigenvalue weighted by Gasteiger charge is 2.14. The minimum atomic E-state index is -0.289. The Labute approximate surface area is 111 Å². The predicted octanol–water partition coefficient (Wildman–Crippen LogP) is 3.39. The highest BCUT2D eigenvalue weighted by molar-refractivity contribution is 9.10. The number of anilines is 1. The van der Waals surface area contributed by atoms with E-state index in [0.29, 0.717) is 16.4 Å². The second kappa shape index (κ2) is 4.89. The van der Waals surface area contributed by atoms with Crippen molar-refractivity contribution in [1.29, 1.82) is 0 Å². The molecular weight excluding hydrogens is 305 g/mol. The third-order valence-corrected chi connectivity index (χ3v) is 3.52. The van der Waals surface area contributed by atoms with Gasteiger partial charge in [0.2, 0.25) is 0 Å². The van der Waals surface area contributed by atoms with Gasteiger partial charge < -0.3 is 5.32 Å². The van der Waals surface area contributed by atoms with Crippen LogP contribution in [0.25, 0.3) is 0 Å². The third kappa shape index (κ3) is 2.50. The van der Waals surface area contributed by atoms with E-state index in [1.807, 2.05) is 6.92 Å². The lowest BCUT2D eigenvalue weighted by Gasteiger charge is -2.04. The molecule has 0 bridgehead atoms. The fourth-order valence-corrected chi connectivity index (χ4v) is 1.82. The van der Waals surface area contributed by atoms with Gasteiger partial charge in [0.25, 0.3) is 5.91 Å². The quantitative estimate of drug-likeness (QED) is 0.892. The molecule has 88 valence electrons. The van der Waals surface area contributed by atoms with Gasteiger partial charge in [0, 0.05) is 5.69 Å². The fraction of sp³-hybridized carbons (Fsp3) is 0.0909. The van der Waals surface area contributed by atoms with Crippen LogP contribution in [0, 0.1) is 6.92 Å². The van der Waals surface area contributed by atoms with Crippen LogP contribution in [-0.2, 0) is 0 Å². The smallest absolute Gasteiger partial charge is 0.258 e. The molecule has 0 aliphatic heterocycles. The van der Waals surface area contributed by atoms with Crippen LogP contribution in [0.4, 0.5) is 5.82 Å². The number of aromatic nitrogens is 2. The molecule has 0 aliphatic rings. The molecule has 2 rings (SSSR count). The van der Waals surface area contributed by atoms with E-state index in [0.717, 1.165) is 10.2 Å². The topological polar surface area (TPSA) is 57.8 Å². The molecule has 1 aromatic carbocycles. The maximum absolute atomic E-state index is 11.9. The van der Waals surface area contributed by atoms with Gasteiger partial charge in [-0.2, -0.15) is 5.10 Å². The Morgan fingerprint density at radius 3 is 2.76 bits per heavy atom. The van der Waals surface area contributed by atoms with Gasteiger partial charge in [-0.25, -0.2) is 0 Å². The SMILES string of the molecule is Cc1[nH]nc(NC(=O)c2ccccc2Cl)c1Br. The summed E-state index contributed by atoms with van der Waals surface area (Å²) in [5, 5.41) is 9.81. The third-order valence-electron chi connectivity index (χ3n) is 2.22. The van der Waals surface area contributed by atoms with Gasteiger partial charge >= 0.3 is 0 Å². The van der Waals surface area contributed by atoms with Gasteiger partial charge in [0.15, 0.2) is 5.82 Å². The number of rotatable bonds is 2. The Balaban J connectivity index is 2.23. The predicted molar refractivity (Wildman–Crippen MR) is 70.4 cm³/mol. The molecular formula is C11H9BrClN3O. The van der Waals surface area contributed by atoms with Crippen LogP contribution >= 0.6 is 27.5 Å². The largest absolute Gasteiger partial charge is 0.304 e. The second-order valence-corrected chi connectivity index (χ2v) is 4.65. The van der Waals surface area contributed by atoms with Crippen molar-refractivity contribution in [3.8, 4) is 0 Å². The zero-order chi connectivity index (χ0) is 12.4. The lowest BCUT2D eigenvalue weighted by Crippen LogP contribution is -2.13. The number of hydrogen-bond acceptors (Lipinski definition) is 2. The summed E-state index contributed by atoms with van der Waals surface area (Å²) in [5.74, 6) is 0.162. The van der Waals surface area contributed by atoms with E-state index in [4.69, 9.17) is 11.6 Å². The van der Waals surface area contributed by atoms with Crippen molar-refractivity contribution in [1.82, 2.24) is 10.2 Å². The van der Waals surface area contributed by atoms with Crippen LogP contribution in [0.1, 0.15) is 16.1 Å². The molecule has 6 heteroatoms. The summed E-state index contributed by atoms with van der Waals surface area (Å²) in [7, 11) is 0. The number of hydrogen-bond donors (Lipinski definition) is 2. The van der Waals surface area contributed by atoms with Gasteiger partial charge in [-0.3, -0.25) is 9.89 Å². The summed E-state index contributed by atoms with van der Waals surface area (Å²) in [6, 6.07) is 6.85. The lowest BCUT2D eigenvalue weighted by atomic mass is 10.2. The van der Waals surface area contributed by atoms with E-state index in [9.17, 15) is 4.79 Å². The van der Waals surface area contributed by atoms with Crippen LogP contribution in [0.5, 0.6) is 0 Å². The van der Waals surface area contributed by atoms with E-state index in [2.05, 4.69) is 31.4 Å². The minimum Gasteiger partial charge on any atom is -0.304 e. The summed E-state index contributed by atoms with van der Waals surface area (Å²) in [4.78, 5) is 11.9. The van der Waals surface area contributed by atoms with Crippen LogP contribution in [0.2, 0.25) is 5.02 Å². The maximum atomic E-state index is 11.9. The van der Waals surface area contributed by atoms with Crippen LogP contribution < -0.4 is 5.32 Å². The average molecular weight is 315 g/mol. The highest BCUT2D eigenvalue weighted by atomic mass is 79.9. The Hall–Kier alpha value is -1.33. The van der Waals surface area contributed by atoms with Gasteiger partial charge in [-0.05, 0) is 35.0 Å². The van der Waals surface area contributed by atoms with Crippen molar-refractivity contribution in [2.75, 3.05) is 5.32 Å². The van der Waals surface area contributed by atoms with Gasteiger partial charge in [0.05, 0.1) is 15.1 Å². The summed E-state index contributed by atoms with van der Waals surface area (Å²) in [6.07, 6.45) is 0. The van der Waals surface area contributed by atoms with E-state index < -0.39 is 0 Å². The maximum Gasteiger partial charge on any atom is 0.258 e. The standard InChI is InChI=1S/C11H9BrClN3O/c1-6-9(12)10(16-15-6)14-11(17)7-4-2-3-5-8(7)13/h2-5H,1H3,(H2,14,15,16,17). The first-order chi connectivity index (χ1) is 8.09. The number of H-pyrrole nitrogens is 1. The molecule has 1 heterocycles. The van der Waals surface area contributed by atoms with E-state index in [1.54, 1.807) is 24.3 Å². The van der Waals surface area contributed by atoms with E-state index in [1.165, 1.54) is 0 Å². The van der Waals surface area contributed by atoms with Crippen molar-refractivity contribution in [2.24, 2.45) is 0 Å². The average Bonchev–Trinajstić information content (AvgIpc) is 2.61. The number of halogens is 2.